The first kappa shape index (κ1) is 4.96. The maximum atomic E-state index is 6.94. The van der Waals surface area contributed by atoms with Crippen LogP contribution in [-0.4, -0.2) is 5.54 Å². The number of hydrogen-bond donors (Lipinski definition) is 0. The van der Waals surface area contributed by atoms with Crippen LogP contribution >= 0.6 is 0 Å². The molecule has 0 fully saturated rings. The number of hydrogen-bond acceptors (Lipinski definition) is 0. The van der Waals surface area contributed by atoms with E-state index >= 15 is 0 Å². The van der Waals surface area contributed by atoms with Crippen LogP contribution in [0.25, 0.3) is 5.73 Å². The summed E-state index contributed by atoms with van der Waals surface area (Å²) in [6.07, 6.45) is 0. The molecule has 0 aliphatic rings. The average Bonchev–Trinajstić information content (AvgIpc) is 0.722. The Morgan fingerprint density at radius 2 is 1.20 bits per heavy atom. The van der Waals surface area contributed by atoms with E-state index in [1.165, 1.54) is 0 Å². The van der Waals surface area contributed by atoms with Gasteiger partial charge in [-0.15, -0.1) is 5.54 Å². The van der Waals surface area contributed by atoms with Gasteiger partial charge in [0.05, 0.1) is 0 Å². The van der Waals surface area contributed by atoms with Crippen molar-refractivity contribution in [2.24, 2.45) is 0 Å². The van der Waals surface area contributed by atoms with E-state index in [9.17, 15) is 0 Å². The van der Waals surface area contributed by atoms with Crippen molar-refractivity contribution in [3.8, 4) is 0 Å². The monoisotopic (exact) mass is 72.1 g/mol. The van der Waals surface area contributed by atoms with Crippen molar-refractivity contribution in [1.29, 1.82) is 0 Å². The highest BCUT2D eigenvalue weighted by molar-refractivity contribution is 4.77. The normalized spacial score (nSPS) is 12.0. The van der Waals surface area contributed by atoms with E-state index < -0.39 is 0 Å². The van der Waals surface area contributed by atoms with Crippen molar-refractivity contribution in [1.82, 2.24) is 0 Å². The Balaban J connectivity index is 3.02. The zero-order chi connectivity index (χ0) is 4.50. The molecule has 0 aromatic rings. The van der Waals surface area contributed by atoms with Crippen molar-refractivity contribution in [3.05, 3.63) is 5.73 Å². The Morgan fingerprint density at radius 3 is 1.20 bits per heavy atom. The number of rotatable bonds is 0. The first-order valence-corrected chi connectivity index (χ1v) is 1.75. The molecule has 0 spiro atoms. The standard InChI is InChI=1S/C4H10N/c1-4(2,3)5/h5H,1-3H3/q-1. The Hall–Kier alpha value is -0.0400. The SMILES string of the molecule is CC(C)(C)[NH-]. The van der Waals surface area contributed by atoms with Crippen molar-refractivity contribution >= 4 is 0 Å². The zero-order valence-corrected chi connectivity index (χ0v) is 4.00. The molecule has 0 aromatic carbocycles. The Morgan fingerprint density at radius 1 is 1.20 bits per heavy atom. The highest BCUT2D eigenvalue weighted by Crippen LogP contribution is 2.00. The zero-order valence-electron chi connectivity index (χ0n) is 4.00. The van der Waals surface area contributed by atoms with E-state index in [1.807, 2.05) is 20.8 Å². The lowest BCUT2D eigenvalue weighted by Gasteiger charge is -2.20. The summed E-state index contributed by atoms with van der Waals surface area (Å²) >= 11 is 0. The van der Waals surface area contributed by atoms with Crippen LogP contribution in [0.2, 0.25) is 0 Å². The van der Waals surface area contributed by atoms with Crippen LogP contribution < -0.4 is 0 Å². The second-order valence-corrected chi connectivity index (χ2v) is 2.25. The van der Waals surface area contributed by atoms with E-state index in [0.717, 1.165) is 0 Å². The van der Waals surface area contributed by atoms with Crippen LogP contribution in [-0.2, 0) is 0 Å². The number of nitrogens with one attached hydrogen (secondary N) is 1. The molecular formula is C4H10N-. The minimum Gasteiger partial charge on any atom is -0.673 e. The molecule has 0 bridgehead atoms. The van der Waals surface area contributed by atoms with Crippen LogP contribution in [0.1, 0.15) is 20.8 Å². The highest BCUT2D eigenvalue weighted by Gasteiger charge is 1.83. The lowest BCUT2D eigenvalue weighted by molar-refractivity contribution is 0.697. The van der Waals surface area contributed by atoms with Crippen LogP contribution in [0.15, 0.2) is 0 Å². The van der Waals surface area contributed by atoms with E-state index in [4.69, 9.17) is 5.73 Å². The Bertz CT molecular complexity index is 19.1. The first-order valence-electron chi connectivity index (χ1n) is 1.75. The maximum absolute atomic E-state index is 6.94. The van der Waals surface area contributed by atoms with Crippen molar-refractivity contribution in [2.75, 3.05) is 0 Å². The summed E-state index contributed by atoms with van der Waals surface area (Å²) in [6.45, 7) is 5.56. The molecular weight excluding hydrogens is 62.1 g/mol. The van der Waals surface area contributed by atoms with Gasteiger partial charge in [0.25, 0.3) is 0 Å². The van der Waals surface area contributed by atoms with Crippen LogP contribution in [0.5, 0.6) is 0 Å². The van der Waals surface area contributed by atoms with Crippen LogP contribution in [0, 0.1) is 0 Å². The van der Waals surface area contributed by atoms with E-state index in [-0.39, 0.29) is 5.54 Å². The largest absolute Gasteiger partial charge is 0.673 e. The summed E-state index contributed by atoms with van der Waals surface area (Å²) in [4.78, 5) is 0. The van der Waals surface area contributed by atoms with Gasteiger partial charge in [0.15, 0.2) is 0 Å². The average molecular weight is 72.1 g/mol. The molecule has 32 valence electrons. The van der Waals surface area contributed by atoms with Gasteiger partial charge in [0.2, 0.25) is 0 Å². The van der Waals surface area contributed by atoms with Gasteiger partial charge in [-0.2, -0.15) is 0 Å². The molecule has 1 N–H and O–H groups in total. The third-order valence-corrected chi connectivity index (χ3v) is 0. The van der Waals surface area contributed by atoms with Gasteiger partial charge in [-0.3, -0.25) is 0 Å². The molecule has 0 saturated carbocycles. The molecule has 0 aliphatic heterocycles. The van der Waals surface area contributed by atoms with E-state index in [1.54, 1.807) is 0 Å². The minimum atomic E-state index is -0.250. The molecule has 0 atom stereocenters. The molecule has 0 aromatic heterocycles. The molecule has 0 radical (unpaired) electrons. The van der Waals surface area contributed by atoms with Gasteiger partial charge in [-0.05, 0) is 0 Å². The second kappa shape index (κ2) is 0.977. The molecule has 0 saturated heterocycles. The molecule has 0 rings (SSSR count). The summed E-state index contributed by atoms with van der Waals surface area (Å²) in [6, 6.07) is 0. The van der Waals surface area contributed by atoms with Gasteiger partial charge in [0.1, 0.15) is 0 Å². The van der Waals surface area contributed by atoms with Crippen molar-refractivity contribution < 1.29 is 0 Å². The maximum Gasteiger partial charge on any atom is -0.0794 e. The Labute approximate surface area is 33.2 Å². The topological polar surface area (TPSA) is 23.8 Å². The molecule has 0 aliphatic carbocycles. The van der Waals surface area contributed by atoms with Gasteiger partial charge >= 0.3 is 0 Å². The smallest absolute Gasteiger partial charge is 0.0794 e. The summed E-state index contributed by atoms with van der Waals surface area (Å²) in [5, 5.41) is 0. The van der Waals surface area contributed by atoms with E-state index in [0.29, 0.717) is 0 Å². The second-order valence-electron chi connectivity index (χ2n) is 2.25. The fourth-order valence-corrected chi connectivity index (χ4v) is 0. The van der Waals surface area contributed by atoms with Crippen molar-refractivity contribution in [2.45, 2.75) is 26.3 Å². The summed E-state index contributed by atoms with van der Waals surface area (Å²) in [7, 11) is 0. The summed E-state index contributed by atoms with van der Waals surface area (Å²) in [5.41, 5.74) is 6.69. The minimum absolute atomic E-state index is 0.250. The van der Waals surface area contributed by atoms with Crippen LogP contribution in [0.4, 0.5) is 0 Å². The van der Waals surface area contributed by atoms with Gasteiger partial charge in [-0.1, -0.05) is 20.8 Å². The lowest BCUT2D eigenvalue weighted by atomic mass is 10.1. The lowest BCUT2D eigenvalue weighted by Crippen LogP contribution is -2.02. The van der Waals surface area contributed by atoms with Crippen molar-refractivity contribution in [3.63, 3.8) is 0 Å². The fourth-order valence-electron chi connectivity index (χ4n) is 0. The third kappa shape index (κ3) is 9510. The summed E-state index contributed by atoms with van der Waals surface area (Å²) < 4.78 is 0. The Kier molecular flexibility index (Phi) is 0.969. The molecule has 1 heteroatoms. The predicted octanol–water partition coefficient (Wildman–Crippen LogP) is 1.84. The predicted molar refractivity (Wildman–Crippen MR) is 24.1 cm³/mol. The molecule has 1 nitrogen and oxygen atoms in total. The quantitative estimate of drug-likeness (QED) is 0.417. The van der Waals surface area contributed by atoms with E-state index in [2.05, 4.69) is 0 Å². The summed E-state index contributed by atoms with van der Waals surface area (Å²) in [5.74, 6) is 0. The molecule has 0 heterocycles. The molecule has 0 amide bonds. The van der Waals surface area contributed by atoms with Gasteiger partial charge in [-0.25, -0.2) is 0 Å². The molecule has 0 unspecified atom stereocenters. The fraction of sp³-hybridized carbons (Fsp3) is 1.00. The third-order valence-electron chi connectivity index (χ3n) is 0. The first-order chi connectivity index (χ1) is 2.00. The van der Waals surface area contributed by atoms with Gasteiger partial charge in [0, 0.05) is 0 Å². The van der Waals surface area contributed by atoms with Crippen LogP contribution in [0.3, 0.4) is 0 Å². The highest BCUT2D eigenvalue weighted by atomic mass is 14.7. The van der Waals surface area contributed by atoms with Gasteiger partial charge < -0.3 is 5.73 Å². The molecule has 5 heavy (non-hydrogen) atoms.